The maximum Gasteiger partial charge on any atom is 0.227 e. The van der Waals surface area contributed by atoms with Crippen LogP contribution in [0, 0.1) is 0 Å². The molecule has 156 valence electrons. The van der Waals surface area contributed by atoms with Gasteiger partial charge in [-0.3, -0.25) is 4.79 Å². The number of tetrazole rings is 1. The zero-order valence-corrected chi connectivity index (χ0v) is 17.5. The number of unbranched alkanes of at least 4 members (excludes halogenated alkanes) is 1. The fourth-order valence-electron chi connectivity index (χ4n) is 3.58. The minimum absolute atomic E-state index is 0.153. The molecule has 6 nitrogen and oxygen atoms in total. The Bertz CT molecular complexity index is 1110. The molecule has 0 aliphatic rings. The normalized spacial score (nSPS) is 10.7. The molecule has 31 heavy (non-hydrogen) atoms. The average Bonchev–Trinajstić information content (AvgIpc) is 3.37. The van der Waals surface area contributed by atoms with Gasteiger partial charge in [-0.25, -0.2) is 5.10 Å². The molecule has 0 saturated heterocycles. The molecule has 0 aliphatic heterocycles. The van der Waals surface area contributed by atoms with E-state index in [9.17, 15) is 4.79 Å². The highest BCUT2D eigenvalue weighted by Crippen LogP contribution is 2.30. The number of carbonyl (C=O) groups excluding carboxylic acids is 1. The van der Waals surface area contributed by atoms with Crippen LogP contribution in [-0.4, -0.2) is 26.5 Å². The molecule has 1 aromatic heterocycles. The van der Waals surface area contributed by atoms with Crippen molar-refractivity contribution in [2.75, 3.05) is 4.90 Å². The van der Waals surface area contributed by atoms with Crippen LogP contribution in [0.5, 0.6) is 0 Å². The minimum Gasteiger partial charge on any atom is -0.308 e. The number of aromatic nitrogens is 4. The summed E-state index contributed by atoms with van der Waals surface area (Å²) in [7, 11) is 0. The lowest BCUT2D eigenvalue weighted by Gasteiger charge is -2.23. The summed E-state index contributed by atoms with van der Waals surface area (Å²) in [6.07, 6.45) is 2.46. The molecule has 1 amide bonds. The highest BCUT2D eigenvalue weighted by Gasteiger charge is 2.16. The van der Waals surface area contributed by atoms with Gasteiger partial charge < -0.3 is 4.90 Å². The lowest BCUT2D eigenvalue weighted by Crippen LogP contribution is -2.30. The lowest BCUT2D eigenvalue weighted by molar-refractivity contribution is -0.118. The average molecular weight is 412 g/mol. The van der Waals surface area contributed by atoms with Crippen LogP contribution in [0.1, 0.15) is 31.7 Å². The topological polar surface area (TPSA) is 74.8 Å². The number of amides is 1. The van der Waals surface area contributed by atoms with Crippen molar-refractivity contribution < 1.29 is 4.79 Å². The van der Waals surface area contributed by atoms with Crippen LogP contribution in [0.4, 0.5) is 5.69 Å². The van der Waals surface area contributed by atoms with E-state index in [0.717, 1.165) is 40.8 Å². The van der Waals surface area contributed by atoms with Gasteiger partial charge in [0, 0.05) is 17.7 Å². The fourth-order valence-corrected chi connectivity index (χ4v) is 3.58. The van der Waals surface area contributed by atoms with Crippen LogP contribution >= 0.6 is 0 Å². The van der Waals surface area contributed by atoms with Crippen LogP contribution in [0.25, 0.3) is 22.5 Å². The summed E-state index contributed by atoms with van der Waals surface area (Å²) >= 11 is 0. The Labute approximate surface area is 181 Å². The van der Waals surface area contributed by atoms with Gasteiger partial charge in [0.1, 0.15) is 0 Å². The van der Waals surface area contributed by atoms with E-state index in [1.165, 1.54) is 0 Å². The Morgan fingerprint density at radius 1 is 0.903 bits per heavy atom. The maximum atomic E-state index is 12.9. The number of hydrogen-bond donors (Lipinski definition) is 1. The maximum absolute atomic E-state index is 12.9. The number of rotatable bonds is 8. The largest absolute Gasteiger partial charge is 0.308 e. The van der Waals surface area contributed by atoms with Crippen molar-refractivity contribution in [1.29, 1.82) is 0 Å². The van der Waals surface area contributed by atoms with Gasteiger partial charge in [-0.2, -0.15) is 0 Å². The number of H-pyrrole nitrogens is 1. The quantitative estimate of drug-likeness (QED) is 0.429. The first-order chi connectivity index (χ1) is 15.3. The first-order valence-corrected chi connectivity index (χ1v) is 10.5. The van der Waals surface area contributed by atoms with Crippen LogP contribution in [-0.2, 0) is 11.3 Å². The van der Waals surface area contributed by atoms with Gasteiger partial charge >= 0.3 is 0 Å². The van der Waals surface area contributed by atoms with Crippen molar-refractivity contribution in [2.45, 2.75) is 32.7 Å². The molecule has 0 spiro atoms. The molecule has 0 saturated carbocycles. The van der Waals surface area contributed by atoms with Crippen molar-refractivity contribution in [1.82, 2.24) is 20.6 Å². The van der Waals surface area contributed by atoms with Gasteiger partial charge in [0.25, 0.3) is 0 Å². The van der Waals surface area contributed by atoms with E-state index in [0.29, 0.717) is 18.8 Å². The zero-order valence-electron chi connectivity index (χ0n) is 17.5. The summed E-state index contributed by atoms with van der Waals surface area (Å²) in [4.78, 5) is 14.7. The van der Waals surface area contributed by atoms with Crippen LogP contribution in [0.2, 0.25) is 0 Å². The first-order valence-electron chi connectivity index (χ1n) is 10.5. The summed E-state index contributed by atoms with van der Waals surface area (Å²) in [5.41, 5.74) is 5.07. The molecule has 0 aliphatic carbocycles. The molecule has 4 aromatic rings. The first kappa shape index (κ1) is 20.5. The second-order valence-corrected chi connectivity index (χ2v) is 7.41. The SMILES string of the molecule is CCCCC(=O)N(Cc1ccc(-c2ccccc2-c2nnn[nH]2)cc1)c1ccccc1. The van der Waals surface area contributed by atoms with Crippen molar-refractivity contribution >= 4 is 11.6 Å². The number of aromatic amines is 1. The molecule has 0 unspecified atom stereocenters. The van der Waals surface area contributed by atoms with E-state index >= 15 is 0 Å². The van der Waals surface area contributed by atoms with Gasteiger partial charge in [0.15, 0.2) is 5.82 Å². The van der Waals surface area contributed by atoms with Gasteiger partial charge in [-0.15, -0.1) is 5.10 Å². The molecule has 1 heterocycles. The second-order valence-electron chi connectivity index (χ2n) is 7.41. The molecular formula is C25H25N5O. The summed E-state index contributed by atoms with van der Waals surface area (Å²) in [5, 5.41) is 14.3. The van der Waals surface area contributed by atoms with Gasteiger partial charge in [0.05, 0.1) is 6.54 Å². The summed E-state index contributed by atoms with van der Waals surface area (Å²) < 4.78 is 0. The highest BCUT2D eigenvalue weighted by atomic mass is 16.2. The third-order valence-corrected chi connectivity index (χ3v) is 5.25. The second kappa shape index (κ2) is 9.80. The number of carbonyl (C=O) groups is 1. The number of anilines is 1. The summed E-state index contributed by atoms with van der Waals surface area (Å²) in [6, 6.07) is 26.2. The Kier molecular flexibility index (Phi) is 6.47. The minimum atomic E-state index is 0.153. The predicted molar refractivity (Wildman–Crippen MR) is 122 cm³/mol. The van der Waals surface area contributed by atoms with Gasteiger partial charge in [-0.1, -0.05) is 80.1 Å². The predicted octanol–water partition coefficient (Wildman–Crippen LogP) is 5.26. The number of benzene rings is 3. The summed E-state index contributed by atoms with van der Waals surface area (Å²) in [5.74, 6) is 0.789. The monoisotopic (exact) mass is 411 g/mol. The highest BCUT2D eigenvalue weighted by molar-refractivity contribution is 5.93. The number of para-hydroxylation sites is 1. The van der Waals surface area contributed by atoms with E-state index in [4.69, 9.17) is 0 Å². The number of nitrogens with zero attached hydrogens (tertiary/aromatic N) is 4. The molecule has 0 fully saturated rings. The Balaban J connectivity index is 1.58. The van der Waals surface area contributed by atoms with Gasteiger partial charge in [0.2, 0.25) is 5.91 Å². The molecule has 1 N–H and O–H groups in total. The smallest absolute Gasteiger partial charge is 0.227 e. The molecule has 4 rings (SSSR count). The molecule has 6 heteroatoms. The van der Waals surface area contributed by atoms with Crippen molar-refractivity contribution in [3.8, 4) is 22.5 Å². The van der Waals surface area contributed by atoms with Crippen LogP contribution in [0.15, 0.2) is 78.9 Å². The van der Waals surface area contributed by atoms with Crippen LogP contribution in [0.3, 0.4) is 0 Å². The Morgan fingerprint density at radius 3 is 2.29 bits per heavy atom. The Morgan fingerprint density at radius 2 is 1.61 bits per heavy atom. The molecule has 0 radical (unpaired) electrons. The van der Waals surface area contributed by atoms with E-state index in [-0.39, 0.29) is 5.91 Å². The van der Waals surface area contributed by atoms with Crippen LogP contribution < -0.4 is 4.90 Å². The fraction of sp³-hybridized carbons (Fsp3) is 0.200. The van der Waals surface area contributed by atoms with E-state index in [2.05, 4.69) is 57.9 Å². The van der Waals surface area contributed by atoms with Gasteiger partial charge in [-0.05, 0) is 45.7 Å². The molecule has 3 aromatic carbocycles. The standard InChI is InChI=1S/C25H25N5O/c1-2-3-13-24(31)30(21-9-5-4-6-10-21)18-19-14-16-20(17-15-19)22-11-7-8-12-23(22)25-26-28-29-27-25/h4-12,14-17H,2-3,13,18H2,1H3,(H,26,27,28,29). The zero-order chi connectivity index (χ0) is 21.5. The third kappa shape index (κ3) is 4.86. The van der Waals surface area contributed by atoms with Crippen molar-refractivity contribution in [3.05, 3.63) is 84.4 Å². The molecular weight excluding hydrogens is 386 g/mol. The molecule has 0 bridgehead atoms. The molecule has 0 atom stereocenters. The van der Waals surface area contributed by atoms with E-state index in [1.54, 1.807) is 0 Å². The number of hydrogen-bond acceptors (Lipinski definition) is 4. The Hall–Kier alpha value is -3.80. The van der Waals surface area contributed by atoms with Crippen molar-refractivity contribution in [2.24, 2.45) is 0 Å². The van der Waals surface area contributed by atoms with Crippen molar-refractivity contribution in [3.63, 3.8) is 0 Å². The third-order valence-electron chi connectivity index (χ3n) is 5.25. The summed E-state index contributed by atoms with van der Waals surface area (Å²) in [6.45, 7) is 2.64. The number of nitrogens with one attached hydrogen (secondary N) is 1. The lowest BCUT2D eigenvalue weighted by atomic mass is 9.98. The van der Waals surface area contributed by atoms with E-state index in [1.807, 2.05) is 53.4 Å². The van der Waals surface area contributed by atoms with E-state index < -0.39 is 0 Å².